The number of aromatic nitrogens is 2. The molecule has 0 aliphatic carbocycles. The van der Waals surface area contributed by atoms with Crippen LogP contribution in [0.25, 0.3) is 11.0 Å². The van der Waals surface area contributed by atoms with Crippen LogP contribution in [0.1, 0.15) is 15.9 Å². The number of amides is 1. The first-order valence-electron chi connectivity index (χ1n) is 6.60. The molecular weight excluding hydrogens is 282 g/mol. The minimum atomic E-state index is -0.162. The Labute approximate surface area is 127 Å². The fourth-order valence-electron chi connectivity index (χ4n) is 2.11. The van der Waals surface area contributed by atoms with Crippen LogP contribution in [0.2, 0.25) is 0 Å². The van der Waals surface area contributed by atoms with E-state index in [2.05, 4.69) is 21.5 Å². The van der Waals surface area contributed by atoms with Gasteiger partial charge in [-0.2, -0.15) is 11.8 Å². The second-order valence-corrected chi connectivity index (χ2v) is 5.55. The normalized spacial score (nSPS) is 10.7. The Morgan fingerprint density at radius 1 is 1.19 bits per heavy atom. The molecule has 0 atom stereocenters. The highest BCUT2D eigenvalue weighted by Crippen LogP contribution is 2.15. The van der Waals surface area contributed by atoms with Gasteiger partial charge in [0.05, 0.1) is 11.0 Å². The standard InChI is InChI=1S/C16H15N3OS/c1-21-10-11-6-8-12(9-7-11)15(20)19-16-17-13-4-2-3-5-14(13)18-16/h2-9H,10H2,1H3,(H2,17,18,19,20). The van der Waals surface area contributed by atoms with Gasteiger partial charge in [-0.05, 0) is 36.1 Å². The molecule has 4 nitrogen and oxygen atoms in total. The average molecular weight is 297 g/mol. The molecular formula is C16H15N3OS. The number of nitrogens with one attached hydrogen (secondary N) is 2. The first kappa shape index (κ1) is 13.7. The fraction of sp³-hybridized carbons (Fsp3) is 0.125. The van der Waals surface area contributed by atoms with Crippen molar-refractivity contribution >= 4 is 34.7 Å². The molecule has 0 bridgehead atoms. The molecule has 5 heteroatoms. The molecule has 0 aliphatic rings. The van der Waals surface area contributed by atoms with Crippen LogP contribution >= 0.6 is 11.8 Å². The molecule has 1 amide bonds. The summed E-state index contributed by atoms with van der Waals surface area (Å²) < 4.78 is 0. The number of para-hydroxylation sites is 2. The van der Waals surface area contributed by atoms with Gasteiger partial charge in [-0.3, -0.25) is 10.1 Å². The van der Waals surface area contributed by atoms with Gasteiger partial charge in [0.2, 0.25) is 5.95 Å². The van der Waals surface area contributed by atoms with E-state index in [1.165, 1.54) is 5.56 Å². The molecule has 2 N–H and O–H groups in total. The van der Waals surface area contributed by atoms with Crippen molar-refractivity contribution in [3.05, 3.63) is 59.7 Å². The minimum absolute atomic E-state index is 0.162. The van der Waals surface area contributed by atoms with Crippen molar-refractivity contribution in [2.45, 2.75) is 5.75 Å². The lowest BCUT2D eigenvalue weighted by Crippen LogP contribution is -2.12. The molecule has 1 aromatic heterocycles. The third kappa shape index (κ3) is 3.08. The number of nitrogens with zero attached hydrogens (tertiary/aromatic N) is 1. The summed E-state index contributed by atoms with van der Waals surface area (Å²) in [6.45, 7) is 0. The van der Waals surface area contributed by atoms with Crippen LogP contribution in [0, 0.1) is 0 Å². The number of imidazole rings is 1. The second-order valence-electron chi connectivity index (χ2n) is 4.69. The summed E-state index contributed by atoms with van der Waals surface area (Å²) in [5.74, 6) is 1.25. The van der Waals surface area contributed by atoms with Gasteiger partial charge < -0.3 is 4.98 Å². The third-order valence-electron chi connectivity index (χ3n) is 3.15. The fourth-order valence-corrected chi connectivity index (χ4v) is 2.64. The Morgan fingerprint density at radius 2 is 1.95 bits per heavy atom. The highest BCUT2D eigenvalue weighted by atomic mass is 32.2. The summed E-state index contributed by atoms with van der Waals surface area (Å²) >= 11 is 1.76. The van der Waals surface area contributed by atoms with Gasteiger partial charge in [-0.1, -0.05) is 24.3 Å². The van der Waals surface area contributed by atoms with Crippen LogP contribution in [0.4, 0.5) is 5.95 Å². The van der Waals surface area contributed by atoms with E-state index in [0.29, 0.717) is 11.5 Å². The number of aromatic amines is 1. The van der Waals surface area contributed by atoms with Gasteiger partial charge in [0.1, 0.15) is 0 Å². The Bertz CT molecular complexity index is 732. The predicted molar refractivity (Wildman–Crippen MR) is 87.7 cm³/mol. The molecule has 1 heterocycles. The molecule has 0 spiro atoms. The summed E-state index contributed by atoms with van der Waals surface area (Å²) in [7, 11) is 0. The van der Waals surface area contributed by atoms with E-state index in [0.717, 1.165) is 16.8 Å². The van der Waals surface area contributed by atoms with Crippen molar-refractivity contribution in [3.8, 4) is 0 Å². The number of H-pyrrole nitrogens is 1. The van der Waals surface area contributed by atoms with E-state index in [9.17, 15) is 4.79 Å². The zero-order valence-corrected chi connectivity index (χ0v) is 12.4. The van der Waals surface area contributed by atoms with Crippen molar-refractivity contribution in [3.63, 3.8) is 0 Å². The Hall–Kier alpha value is -2.27. The maximum Gasteiger partial charge on any atom is 0.257 e. The Morgan fingerprint density at radius 3 is 2.67 bits per heavy atom. The van der Waals surface area contributed by atoms with Crippen LogP contribution in [0.15, 0.2) is 48.5 Å². The molecule has 0 fully saturated rings. The number of hydrogen-bond acceptors (Lipinski definition) is 3. The number of hydrogen-bond donors (Lipinski definition) is 2. The lowest BCUT2D eigenvalue weighted by atomic mass is 10.1. The average Bonchev–Trinajstić information content (AvgIpc) is 2.90. The summed E-state index contributed by atoms with van der Waals surface area (Å²) in [6, 6.07) is 15.3. The number of rotatable bonds is 4. The molecule has 0 saturated carbocycles. The Balaban J connectivity index is 1.76. The summed E-state index contributed by atoms with van der Waals surface area (Å²) in [5, 5.41) is 2.79. The van der Waals surface area contributed by atoms with Gasteiger partial charge in [0, 0.05) is 11.3 Å². The number of anilines is 1. The van der Waals surface area contributed by atoms with Crippen LogP contribution < -0.4 is 5.32 Å². The maximum absolute atomic E-state index is 12.2. The minimum Gasteiger partial charge on any atom is -0.324 e. The zero-order valence-electron chi connectivity index (χ0n) is 11.6. The monoisotopic (exact) mass is 297 g/mol. The topological polar surface area (TPSA) is 57.8 Å². The first-order chi connectivity index (χ1) is 10.3. The number of fused-ring (bicyclic) bond motifs is 1. The Kier molecular flexibility index (Phi) is 3.92. The summed E-state index contributed by atoms with van der Waals surface area (Å²) in [5.41, 5.74) is 3.58. The van der Waals surface area contributed by atoms with Gasteiger partial charge in [0.15, 0.2) is 0 Å². The van der Waals surface area contributed by atoms with Gasteiger partial charge in [-0.25, -0.2) is 4.98 Å². The molecule has 106 valence electrons. The second kappa shape index (κ2) is 6.01. The van der Waals surface area contributed by atoms with Crippen molar-refractivity contribution in [1.82, 2.24) is 9.97 Å². The molecule has 0 unspecified atom stereocenters. The lowest BCUT2D eigenvalue weighted by molar-refractivity contribution is 0.102. The van der Waals surface area contributed by atoms with Crippen molar-refractivity contribution < 1.29 is 4.79 Å². The van der Waals surface area contributed by atoms with E-state index < -0.39 is 0 Å². The summed E-state index contributed by atoms with van der Waals surface area (Å²) in [6.07, 6.45) is 2.06. The largest absolute Gasteiger partial charge is 0.324 e. The van der Waals surface area contributed by atoms with Gasteiger partial charge in [-0.15, -0.1) is 0 Å². The molecule has 0 aliphatic heterocycles. The SMILES string of the molecule is CSCc1ccc(C(=O)Nc2nc3ccccc3[nH]2)cc1. The molecule has 0 radical (unpaired) electrons. The number of carbonyl (C=O) groups excluding carboxylic acids is 1. The molecule has 3 aromatic rings. The summed E-state index contributed by atoms with van der Waals surface area (Å²) in [4.78, 5) is 19.6. The maximum atomic E-state index is 12.2. The van der Waals surface area contributed by atoms with Crippen LogP contribution in [-0.4, -0.2) is 22.1 Å². The van der Waals surface area contributed by atoms with Crippen molar-refractivity contribution in [1.29, 1.82) is 0 Å². The quantitative estimate of drug-likeness (QED) is 0.772. The van der Waals surface area contributed by atoms with Gasteiger partial charge >= 0.3 is 0 Å². The van der Waals surface area contributed by atoms with Crippen LogP contribution in [-0.2, 0) is 5.75 Å². The number of benzene rings is 2. The van der Waals surface area contributed by atoms with Crippen LogP contribution in [0.3, 0.4) is 0 Å². The predicted octanol–water partition coefficient (Wildman–Crippen LogP) is 3.68. The smallest absolute Gasteiger partial charge is 0.257 e. The van der Waals surface area contributed by atoms with Crippen molar-refractivity contribution in [2.75, 3.05) is 11.6 Å². The van der Waals surface area contributed by atoms with E-state index in [4.69, 9.17) is 0 Å². The number of thioether (sulfide) groups is 1. The zero-order chi connectivity index (χ0) is 14.7. The number of carbonyl (C=O) groups is 1. The first-order valence-corrected chi connectivity index (χ1v) is 7.99. The van der Waals surface area contributed by atoms with E-state index in [1.54, 1.807) is 11.8 Å². The molecule has 3 rings (SSSR count). The highest BCUT2D eigenvalue weighted by molar-refractivity contribution is 7.97. The molecule has 21 heavy (non-hydrogen) atoms. The van der Waals surface area contributed by atoms with E-state index >= 15 is 0 Å². The third-order valence-corrected chi connectivity index (χ3v) is 3.77. The molecule has 2 aromatic carbocycles. The van der Waals surface area contributed by atoms with Crippen molar-refractivity contribution in [2.24, 2.45) is 0 Å². The highest BCUT2D eigenvalue weighted by Gasteiger charge is 2.09. The van der Waals surface area contributed by atoms with Crippen LogP contribution in [0.5, 0.6) is 0 Å². The van der Waals surface area contributed by atoms with E-state index in [1.807, 2.05) is 48.5 Å². The van der Waals surface area contributed by atoms with Gasteiger partial charge in [0.25, 0.3) is 5.91 Å². The lowest BCUT2D eigenvalue weighted by Gasteiger charge is -2.03. The van der Waals surface area contributed by atoms with E-state index in [-0.39, 0.29) is 5.91 Å². The molecule has 0 saturated heterocycles.